The second kappa shape index (κ2) is 6.68. The normalized spacial score (nSPS) is 29.5. The maximum atomic E-state index is 12.7. The van der Waals surface area contributed by atoms with Crippen LogP contribution in [0.5, 0.6) is 0 Å². The van der Waals surface area contributed by atoms with Crippen LogP contribution in [0, 0.1) is 5.92 Å². The summed E-state index contributed by atoms with van der Waals surface area (Å²) in [6, 6.07) is -1.26. The number of rotatable bonds is 3. The minimum absolute atomic E-state index is 0.0457. The molecular weight excluding hydrogens is 292 g/mol. The van der Waals surface area contributed by atoms with Crippen molar-refractivity contribution >= 4 is 29.5 Å². The maximum Gasteiger partial charge on any atom is 0.326 e. The van der Waals surface area contributed by atoms with Gasteiger partial charge >= 0.3 is 5.97 Å². The molecule has 0 saturated carbocycles. The molecule has 2 saturated heterocycles. The molecule has 6 nitrogen and oxygen atoms in total. The molecule has 0 aromatic carbocycles. The molecule has 2 aliphatic heterocycles. The van der Waals surface area contributed by atoms with Crippen molar-refractivity contribution in [1.82, 2.24) is 9.80 Å². The predicted molar refractivity (Wildman–Crippen MR) is 79.8 cm³/mol. The minimum atomic E-state index is -0.950. The van der Waals surface area contributed by atoms with E-state index < -0.39 is 18.1 Å². The molecular formula is C14H22N2O4S. The lowest BCUT2D eigenvalue weighted by Crippen LogP contribution is -2.56. The molecule has 118 valence electrons. The van der Waals surface area contributed by atoms with E-state index >= 15 is 0 Å². The Labute approximate surface area is 128 Å². The van der Waals surface area contributed by atoms with Gasteiger partial charge in [-0.15, -0.1) is 11.8 Å². The molecule has 2 aliphatic rings. The van der Waals surface area contributed by atoms with Crippen molar-refractivity contribution in [2.75, 3.05) is 18.2 Å². The number of thioether (sulfide) groups is 1. The van der Waals surface area contributed by atoms with Gasteiger partial charge in [-0.05, 0) is 18.8 Å². The zero-order valence-corrected chi connectivity index (χ0v) is 13.3. The average molecular weight is 314 g/mol. The molecule has 21 heavy (non-hydrogen) atoms. The quantitative estimate of drug-likeness (QED) is 0.841. The second-order valence-corrected chi connectivity index (χ2v) is 6.75. The molecule has 0 radical (unpaired) electrons. The van der Waals surface area contributed by atoms with Crippen LogP contribution in [-0.2, 0) is 14.4 Å². The molecule has 2 amide bonds. The van der Waals surface area contributed by atoms with Crippen molar-refractivity contribution in [2.45, 2.75) is 45.2 Å². The van der Waals surface area contributed by atoms with Gasteiger partial charge in [-0.25, -0.2) is 4.79 Å². The van der Waals surface area contributed by atoms with E-state index in [1.807, 2.05) is 6.92 Å². The molecule has 1 N–H and O–H groups in total. The van der Waals surface area contributed by atoms with Gasteiger partial charge in [0.2, 0.25) is 11.8 Å². The largest absolute Gasteiger partial charge is 0.480 e. The summed E-state index contributed by atoms with van der Waals surface area (Å²) in [6.07, 6.45) is 1.67. The van der Waals surface area contributed by atoms with Gasteiger partial charge in [0, 0.05) is 18.7 Å². The zero-order chi connectivity index (χ0) is 15.6. The van der Waals surface area contributed by atoms with Crippen LogP contribution in [-0.4, -0.2) is 62.9 Å². The van der Waals surface area contributed by atoms with Crippen molar-refractivity contribution in [1.29, 1.82) is 0 Å². The van der Waals surface area contributed by atoms with E-state index in [1.54, 1.807) is 23.6 Å². The lowest BCUT2D eigenvalue weighted by molar-refractivity contribution is -0.156. The van der Waals surface area contributed by atoms with Gasteiger partial charge in [0.15, 0.2) is 0 Å². The molecule has 3 atom stereocenters. The zero-order valence-electron chi connectivity index (χ0n) is 12.4. The van der Waals surface area contributed by atoms with Crippen molar-refractivity contribution in [3.63, 3.8) is 0 Å². The molecule has 0 bridgehead atoms. The molecule has 3 unspecified atom stereocenters. The van der Waals surface area contributed by atoms with Gasteiger partial charge in [-0.3, -0.25) is 9.59 Å². The van der Waals surface area contributed by atoms with Crippen LogP contribution in [0.1, 0.15) is 33.1 Å². The Kier molecular flexibility index (Phi) is 5.13. The molecule has 0 spiro atoms. The van der Waals surface area contributed by atoms with Gasteiger partial charge in [-0.2, -0.15) is 0 Å². The summed E-state index contributed by atoms with van der Waals surface area (Å²) in [7, 11) is 0. The van der Waals surface area contributed by atoms with E-state index in [-0.39, 0.29) is 11.8 Å². The molecule has 0 aromatic heterocycles. The number of nitrogens with zero attached hydrogens (tertiary/aromatic N) is 2. The highest BCUT2D eigenvalue weighted by atomic mass is 32.2. The van der Waals surface area contributed by atoms with E-state index in [4.69, 9.17) is 0 Å². The van der Waals surface area contributed by atoms with Gasteiger partial charge in [0.1, 0.15) is 12.1 Å². The first-order chi connectivity index (χ1) is 9.95. The highest BCUT2D eigenvalue weighted by Gasteiger charge is 2.42. The number of carboxylic acids is 1. The van der Waals surface area contributed by atoms with Crippen LogP contribution in [0.15, 0.2) is 0 Å². The van der Waals surface area contributed by atoms with Crippen LogP contribution in [0.2, 0.25) is 0 Å². The molecule has 0 aromatic rings. The summed E-state index contributed by atoms with van der Waals surface area (Å²) in [4.78, 5) is 39.1. The number of hydrogen-bond acceptors (Lipinski definition) is 4. The number of carboxylic acid groups (broad SMARTS) is 1. The van der Waals surface area contributed by atoms with Crippen LogP contribution < -0.4 is 0 Å². The fourth-order valence-electron chi connectivity index (χ4n) is 2.93. The number of piperidine rings is 1. The van der Waals surface area contributed by atoms with Crippen LogP contribution in [0.25, 0.3) is 0 Å². The SMILES string of the molecule is CCC(=O)N1CSCC1C(=O)N1CCC(C)CC1C(=O)O. The van der Waals surface area contributed by atoms with Gasteiger partial charge < -0.3 is 14.9 Å². The molecule has 2 heterocycles. The number of hydrogen-bond donors (Lipinski definition) is 1. The van der Waals surface area contributed by atoms with Crippen molar-refractivity contribution in [3.05, 3.63) is 0 Å². The van der Waals surface area contributed by atoms with Crippen LogP contribution >= 0.6 is 11.8 Å². The van der Waals surface area contributed by atoms with Crippen molar-refractivity contribution < 1.29 is 19.5 Å². The monoisotopic (exact) mass is 314 g/mol. The third-order valence-electron chi connectivity index (χ3n) is 4.22. The minimum Gasteiger partial charge on any atom is -0.480 e. The van der Waals surface area contributed by atoms with Gasteiger partial charge in [0.05, 0.1) is 5.88 Å². The number of aliphatic carboxylic acids is 1. The Morgan fingerprint density at radius 1 is 1.24 bits per heavy atom. The Morgan fingerprint density at radius 3 is 2.57 bits per heavy atom. The lowest BCUT2D eigenvalue weighted by Gasteiger charge is -2.38. The van der Waals surface area contributed by atoms with E-state index in [0.29, 0.717) is 36.9 Å². The molecule has 7 heteroatoms. The lowest BCUT2D eigenvalue weighted by atomic mass is 9.92. The number of carbonyl (C=O) groups is 3. The van der Waals surface area contributed by atoms with Crippen molar-refractivity contribution in [3.8, 4) is 0 Å². The molecule has 2 fully saturated rings. The standard InChI is InChI=1S/C14H22N2O4S/c1-3-12(17)16-8-21-7-11(16)13(18)15-5-4-9(2)6-10(15)14(19)20/h9-11H,3-8H2,1-2H3,(H,19,20). The average Bonchev–Trinajstić information content (AvgIpc) is 2.94. The van der Waals surface area contributed by atoms with Gasteiger partial charge in [-0.1, -0.05) is 13.8 Å². The maximum absolute atomic E-state index is 12.7. The van der Waals surface area contributed by atoms with Crippen molar-refractivity contribution in [2.24, 2.45) is 5.92 Å². The smallest absolute Gasteiger partial charge is 0.326 e. The Morgan fingerprint density at radius 2 is 1.95 bits per heavy atom. The molecule has 2 rings (SSSR count). The fraction of sp³-hybridized carbons (Fsp3) is 0.786. The number of carbonyl (C=O) groups excluding carboxylic acids is 2. The van der Waals surface area contributed by atoms with E-state index in [0.717, 1.165) is 6.42 Å². The topological polar surface area (TPSA) is 77.9 Å². The number of amides is 2. The second-order valence-electron chi connectivity index (χ2n) is 5.75. The summed E-state index contributed by atoms with van der Waals surface area (Å²) < 4.78 is 0. The number of likely N-dealkylation sites (tertiary alicyclic amines) is 1. The third-order valence-corrected chi connectivity index (χ3v) is 5.24. The van der Waals surface area contributed by atoms with E-state index in [2.05, 4.69) is 0 Å². The summed E-state index contributed by atoms with van der Waals surface area (Å²) in [5.41, 5.74) is 0. The predicted octanol–water partition coefficient (Wildman–Crippen LogP) is 1.01. The Bertz CT molecular complexity index is 443. The summed E-state index contributed by atoms with van der Waals surface area (Å²) in [5, 5.41) is 9.36. The highest BCUT2D eigenvalue weighted by molar-refractivity contribution is 7.99. The first-order valence-electron chi connectivity index (χ1n) is 7.36. The summed E-state index contributed by atoms with van der Waals surface area (Å²) >= 11 is 1.55. The first kappa shape index (κ1) is 16.1. The van der Waals surface area contributed by atoms with E-state index in [9.17, 15) is 19.5 Å². The highest BCUT2D eigenvalue weighted by Crippen LogP contribution is 2.28. The third kappa shape index (κ3) is 3.33. The summed E-state index contributed by atoms with van der Waals surface area (Å²) in [6.45, 7) is 4.25. The first-order valence-corrected chi connectivity index (χ1v) is 8.51. The molecule has 0 aliphatic carbocycles. The van der Waals surface area contributed by atoms with E-state index in [1.165, 1.54) is 4.90 Å². The Balaban J connectivity index is 2.13. The van der Waals surface area contributed by atoms with Gasteiger partial charge in [0.25, 0.3) is 0 Å². The fourth-order valence-corrected chi connectivity index (χ4v) is 4.10. The van der Waals surface area contributed by atoms with Crippen LogP contribution in [0.3, 0.4) is 0 Å². The van der Waals surface area contributed by atoms with Crippen LogP contribution in [0.4, 0.5) is 0 Å². The Hall–Kier alpha value is -1.24. The summed E-state index contributed by atoms with van der Waals surface area (Å²) in [5.74, 6) is 0.181.